The second-order valence-electron chi connectivity index (χ2n) is 4.63. The number of likely N-dealkylation sites (N-methyl/N-ethyl adjacent to an activating group) is 2. The molecule has 88 valence electrons. The van der Waals surface area contributed by atoms with Crippen LogP contribution in [0.2, 0.25) is 0 Å². The molecule has 0 radical (unpaired) electrons. The SMILES string of the molecule is CCN1CCN(C)c2nnc(C(C)C)cc21. The van der Waals surface area contributed by atoms with Gasteiger partial charge < -0.3 is 9.80 Å². The molecule has 0 fully saturated rings. The highest BCUT2D eigenvalue weighted by Gasteiger charge is 2.22. The molecule has 1 aromatic heterocycles. The van der Waals surface area contributed by atoms with Gasteiger partial charge in [0, 0.05) is 26.7 Å². The Hall–Kier alpha value is -1.32. The lowest BCUT2D eigenvalue weighted by Gasteiger charge is -2.35. The normalized spacial score (nSPS) is 15.6. The molecule has 0 spiro atoms. The van der Waals surface area contributed by atoms with E-state index in [-0.39, 0.29) is 0 Å². The van der Waals surface area contributed by atoms with Gasteiger partial charge in [-0.2, -0.15) is 5.10 Å². The standard InChI is InChI=1S/C12H20N4/c1-5-16-7-6-15(4)12-11(16)8-10(9(2)3)13-14-12/h8-9H,5-7H2,1-4H3. The molecular formula is C12H20N4. The lowest BCUT2D eigenvalue weighted by Crippen LogP contribution is -2.39. The average molecular weight is 220 g/mol. The Kier molecular flexibility index (Phi) is 2.99. The first kappa shape index (κ1) is 11.2. The summed E-state index contributed by atoms with van der Waals surface area (Å²) < 4.78 is 0. The molecule has 0 saturated carbocycles. The van der Waals surface area contributed by atoms with Crippen LogP contribution in [0.1, 0.15) is 32.4 Å². The van der Waals surface area contributed by atoms with Crippen molar-refractivity contribution in [2.75, 3.05) is 36.5 Å². The van der Waals surface area contributed by atoms with Gasteiger partial charge in [-0.1, -0.05) is 13.8 Å². The van der Waals surface area contributed by atoms with Crippen LogP contribution >= 0.6 is 0 Å². The number of aromatic nitrogens is 2. The van der Waals surface area contributed by atoms with Crippen molar-refractivity contribution in [3.8, 4) is 0 Å². The third kappa shape index (κ3) is 1.84. The van der Waals surface area contributed by atoms with E-state index in [0.717, 1.165) is 31.1 Å². The highest BCUT2D eigenvalue weighted by Crippen LogP contribution is 2.31. The Bertz CT molecular complexity index is 375. The van der Waals surface area contributed by atoms with Crippen LogP contribution in [0.3, 0.4) is 0 Å². The zero-order chi connectivity index (χ0) is 11.7. The van der Waals surface area contributed by atoms with Gasteiger partial charge in [-0.05, 0) is 18.9 Å². The van der Waals surface area contributed by atoms with E-state index in [9.17, 15) is 0 Å². The minimum absolute atomic E-state index is 0.434. The summed E-state index contributed by atoms with van der Waals surface area (Å²) in [6, 6.07) is 2.19. The maximum atomic E-state index is 4.35. The molecule has 0 amide bonds. The van der Waals surface area contributed by atoms with Crippen molar-refractivity contribution >= 4 is 11.5 Å². The molecule has 0 bridgehead atoms. The van der Waals surface area contributed by atoms with Gasteiger partial charge in [0.05, 0.1) is 11.4 Å². The van der Waals surface area contributed by atoms with Gasteiger partial charge in [-0.25, -0.2) is 0 Å². The van der Waals surface area contributed by atoms with Gasteiger partial charge in [0.2, 0.25) is 0 Å². The number of nitrogens with zero attached hydrogens (tertiary/aromatic N) is 4. The van der Waals surface area contributed by atoms with Gasteiger partial charge >= 0.3 is 0 Å². The third-order valence-electron chi connectivity index (χ3n) is 3.15. The maximum absolute atomic E-state index is 4.35. The van der Waals surface area contributed by atoms with Crippen LogP contribution in [0.25, 0.3) is 0 Å². The minimum atomic E-state index is 0.434. The molecule has 1 aliphatic heterocycles. The largest absolute Gasteiger partial charge is 0.367 e. The van der Waals surface area contributed by atoms with E-state index in [2.05, 4.69) is 53.9 Å². The van der Waals surface area contributed by atoms with E-state index in [1.54, 1.807) is 0 Å². The molecule has 0 aromatic carbocycles. The summed E-state index contributed by atoms with van der Waals surface area (Å²) in [6.07, 6.45) is 0. The van der Waals surface area contributed by atoms with Crippen molar-refractivity contribution in [3.05, 3.63) is 11.8 Å². The van der Waals surface area contributed by atoms with Gasteiger partial charge in [-0.15, -0.1) is 5.10 Å². The van der Waals surface area contributed by atoms with Crippen LogP contribution in [-0.4, -0.2) is 36.9 Å². The average Bonchev–Trinajstić information content (AvgIpc) is 2.29. The number of hydrogen-bond donors (Lipinski definition) is 0. The third-order valence-corrected chi connectivity index (χ3v) is 3.15. The second-order valence-corrected chi connectivity index (χ2v) is 4.63. The van der Waals surface area contributed by atoms with Crippen molar-refractivity contribution in [1.29, 1.82) is 0 Å². The van der Waals surface area contributed by atoms with Crippen LogP contribution in [0.4, 0.5) is 11.5 Å². The van der Waals surface area contributed by atoms with E-state index in [0.29, 0.717) is 5.92 Å². The number of rotatable bonds is 2. The van der Waals surface area contributed by atoms with Crippen LogP contribution in [-0.2, 0) is 0 Å². The zero-order valence-corrected chi connectivity index (χ0v) is 10.6. The van der Waals surface area contributed by atoms with Crippen molar-refractivity contribution in [2.45, 2.75) is 26.7 Å². The predicted molar refractivity (Wildman–Crippen MR) is 67.3 cm³/mol. The summed E-state index contributed by atoms with van der Waals surface area (Å²) in [7, 11) is 2.08. The van der Waals surface area contributed by atoms with E-state index in [1.807, 2.05) is 0 Å². The second kappa shape index (κ2) is 4.28. The van der Waals surface area contributed by atoms with E-state index in [4.69, 9.17) is 0 Å². The molecule has 4 nitrogen and oxygen atoms in total. The Morgan fingerprint density at radius 1 is 1.31 bits per heavy atom. The monoisotopic (exact) mass is 220 g/mol. The highest BCUT2D eigenvalue weighted by molar-refractivity contribution is 5.69. The predicted octanol–water partition coefficient (Wildman–Crippen LogP) is 1.88. The van der Waals surface area contributed by atoms with Crippen LogP contribution in [0, 0.1) is 0 Å². The van der Waals surface area contributed by atoms with Crippen molar-refractivity contribution < 1.29 is 0 Å². The fraction of sp³-hybridized carbons (Fsp3) is 0.667. The Morgan fingerprint density at radius 3 is 2.69 bits per heavy atom. The topological polar surface area (TPSA) is 32.3 Å². The summed E-state index contributed by atoms with van der Waals surface area (Å²) in [5, 5.41) is 8.65. The molecule has 1 aliphatic rings. The van der Waals surface area contributed by atoms with Gasteiger partial charge in [0.25, 0.3) is 0 Å². The van der Waals surface area contributed by atoms with Gasteiger partial charge in [-0.3, -0.25) is 0 Å². The molecule has 4 heteroatoms. The van der Waals surface area contributed by atoms with E-state index < -0.39 is 0 Å². The first-order valence-corrected chi connectivity index (χ1v) is 5.97. The molecule has 0 unspecified atom stereocenters. The summed E-state index contributed by atoms with van der Waals surface area (Å²) in [6.45, 7) is 9.62. The molecular weight excluding hydrogens is 200 g/mol. The smallest absolute Gasteiger partial charge is 0.174 e. The first-order valence-electron chi connectivity index (χ1n) is 5.97. The number of fused-ring (bicyclic) bond motifs is 1. The summed E-state index contributed by atoms with van der Waals surface area (Å²) in [5.41, 5.74) is 2.31. The molecule has 0 N–H and O–H groups in total. The number of anilines is 2. The summed E-state index contributed by atoms with van der Waals surface area (Å²) in [4.78, 5) is 4.55. The minimum Gasteiger partial charge on any atom is -0.367 e. The zero-order valence-electron chi connectivity index (χ0n) is 10.6. The Balaban J connectivity index is 2.44. The first-order chi connectivity index (χ1) is 7.63. The van der Waals surface area contributed by atoms with Crippen molar-refractivity contribution in [2.24, 2.45) is 0 Å². The Labute approximate surface area is 97.3 Å². The number of hydrogen-bond acceptors (Lipinski definition) is 4. The molecule has 2 rings (SSSR count). The van der Waals surface area contributed by atoms with Crippen molar-refractivity contribution in [3.63, 3.8) is 0 Å². The maximum Gasteiger partial charge on any atom is 0.174 e. The van der Waals surface area contributed by atoms with E-state index in [1.165, 1.54) is 5.69 Å². The van der Waals surface area contributed by atoms with Gasteiger partial charge in [0.15, 0.2) is 5.82 Å². The summed E-state index contributed by atoms with van der Waals surface area (Å²) in [5.74, 6) is 1.45. The van der Waals surface area contributed by atoms with E-state index >= 15 is 0 Å². The quantitative estimate of drug-likeness (QED) is 0.761. The lowest BCUT2D eigenvalue weighted by atomic mass is 10.1. The molecule has 16 heavy (non-hydrogen) atoms. The molecule has 1 aromatic rings. The molecule has 0 saturated heterocycles. The fourth-order valence-corrected chi connectivity index (χ4v) is 2.00. The Morgan fingerprint density at radius 2 is 2.06 bits per heavy atom. The highest BCUT2D eigenvalue weighted by atomic mass is 15.3. The molecule has 0 aliphatic carbocycles. The molecule has 0 atom stereocenters. The summed E-state index contributed by atoms with van der Waals surface area (Å²) >= 11 is 0. The van der Waals surface area contributed by atoms with Crippen LogP contribution in [0.5, 0.6) is 0 Å². The van der Waals surface area contributed by atoms with Crippen LogP contribution in [0.15, 0.2) is 6.07 Å². The fourth-order valence-electron chi connectivity index (χ4n) is 2.00. The van der Waals surface area contributed by atoms with Gasteiger partial charge in [0.1, 0.15) is 0 Å². The lowest BCUT2D eigenvalue weighted by molar-refractivity contribution is 0.711. The van der Waals surface area contributed by atoms with Crippen molar-refractivity contribution in [1.82, 2.24) is 10.2 Å². The van der Waals surface area contributed by atoms with Crippen LogP contribution < -0.4 is 9.80 Å². The molecule has 2 heterocycles.